The molecule has 1 atom stereocenters. The minimum atomic E-state index is -4.71. The van der Waals surface area contributed by atoms with E-state index in [1.54, 1.807) is 24.3 Å². The molecule has 0 aromatic heterocycles. The van der Waals surface area contributed by atoms with Crippen LogP contribution in [0.15, 0.2) is 48.5 Å². The number of rotatable bonds is 5. The van der Waals surface area contributed by atoms with Crippen molar-refractivity contribution in [2.75, 3.05) is 10.2 Å². The van der Waals surface area contributed by atoms with Crippen molar-refractivity contribution >= 4 is 29.2 Å². The lowest BCUT2D eigenvalue weighted by atomic mass is 10.1. The van der Waals surface area contributed by atoms with Gasteiger partial charge in [0.25, 0.3) is 5.91 Å². The first-order valence-corrected chi connectivity index (χ1v) is 8.27. The maximum Gasteiger partial charge on any atom is 0.418 e. The van der Waals surface area contributed by atoms with Gasteiger partial charge in [-0.3, -0.25) is 14.4 Å². The molecule has 1 fully saturated rings. The van der Waals surface area contributed by atoms with E-state index in [1.807, 2.05) is 0 Å². The van der Waals surface area contributed by atoms with Crippen molar-refractivity contribution in [3.63, 3.8) is 0 Å². The molecule has 0 aliphatic carbocycles. The minimum absolute atomic E-state index is 0.164. The van der Waals surface area contributed by atoms with Gasteiger partial charge in [-0.15, -0.1) is 0 Å². The molecular formula is C19H15F3N2O4. The molecule has 0 unspecified atom stereocenters. The molecule has 1 saturated heterocycles. The van der Waals surface area contributed by atoms with Crippen LogP contribution >= 0.6 is 0 Å². The summed E-state index contributed by atoms with van der Waals surface area (Å²) in [6.07, 6.45) is -5.16. The van der Waals surface area contributed by atoms with E-state index in [0.717, 1.165) is 12.1 Å². The summed E-state index contributed by atoms with van der Waals surface area (Å²) in [5, 5.41) is 11.6. The first-order valence-electron chi connectivity index (χ1n) is 8.27. The van der Waals surface area contributed by atoms with Crippen LogP contribution in [-0.4, -0.2) is 28.9 Å². The zero-order valence-corrected chi connectivity index (χ0v) is 14.4. The lowest BCUT2D eigenvalue weighted by molar-refractivity contribution is -0.138. The summed E-state index contributed by atoms with van der Waals surface area (Å²) >= 11 is 0. The highest BCUT2D eigenvalue weighted by atomic mass is 19.4. The third-order valence-corrected chi connectivity index (χ3v) is 4.25. The van der Waals surface area contributed by atoms with Gasteiger partial charge in [-0.05, 0) is 29.8 Å². The van der Waals surface area contributed by atoms with Gasteiger partial charge >= 0.3 is 12.1 Å². The normalized spacial score (nSPS) is 17.1. The summed E-state index contributed by atoms with van der Waals surface area (Å²) in [5.41, 5.74) is -0.555. The van der Waals surface area contributed by atoms with E-state index in [1.165, 1.54) is 12.1 Å². The second-order valence-corrected chi connectivity index (χ2v) is 6.25. The lowest BCUT2D eigenvalue weighted by Crippen LogP contribution is -2.36. The average molecular weight is 392 g/mol. The van der Waals surface area contributed by atoms with Crippen molar-refractivity contribution in [2.45, 2.75) is 25.1 Å². The zero-order chi connectivity index (χ0) is 20.5. The molecule has 0 radical (unpaired) electrons. The molecule has 0 saturated carbocycles. The summed E-state index contributed by atoms with van der Waals surface area (Å²) in [7, 11) is 0. The number of carboxylic acid groups (broad SMARTS) is 1. The van der Waals surface area contributed by atoms with Gasteiger partial charge in [0, 0.05) is 5.69 Å². The van der Waals surface area contributed by atoms with Gasteiger partial charge in [0.1, 0.15) is 6.04 Å². The molecule has 1 aliphatic heterocycles. The number of alkyl halides is 3. The van der Waals surface area contributed by atoms with Crippen molar-refractivity contribution in [1.82, 2.24) is 0 Å². The number of benzene rings is 2. The van der Waals surface area contributed by atoms with Gasteiger partial charge in [-0.2, -0.15) is 13.2 Å². The predicted octanol–water partition coefficient (Wildman–Crippen LogP) is 3.08. The maximum atomic E-state index is 13.2. The number of amides is 2. The van der Waals surface area contributed by atoms with Crippen LogP contribution < -0.4 is 10.2 Å². The molecule has 28 heavy (non-hydrogen) atoms. The Hall–Kier alpha value is -3.36. The number of imide groups is 1. The van der Waals surface area contributed by atoms with Gasteiger partial charge < -0.3 is 10.4 Å². The maximum absolute atomic E-state index is 13.2. The Labute approximate surface area is 157 Å². The average Bonchev–Trinajstić information content (AvgIpc) is 2.89. The lowest BCUT2D eigenvalue weighted by Gasteiger charge is -2.20. The van der Waals surface area contributed by atoms with Crippen molar-refractivity contribution in [3.05, 3.63) is 59.7 Å². The summed E-state index contributed by atoms with van der Waals surface area (Å²) in [6.45, 7) is 0. The second-order valence-electron chi connectivity index (χ2n) is 6.25. The van der Waals surface area contributed by atoms with E-state index in [4.69, 9.17) is 5.11 Å². The van der Waals surface area contributed by atoms with Crippen molar-refractivity contribution in [3.8, 4) is 0 Å². The van der Waals surface area contributed by atoms with Gasteiger partial charge in [0.15, 0.2) is 0 Å². The van der Waals surface area contributed by atoms with E-state index >= 15 is 0 Å². The molecule has 3 rings (SSSR count). The zero-order valence-electron chi connectivity index (χ0n) is 14.4. The molecule has 0 bridgehead atoms. The number of carboxylic acids is 1. The standard InChI is InChI=1S/C19H15F3N2O4/c20-19(21,22)13-3-1-2-4-15(13)24-16(25)10-14(18(24)28)23-12-7-5-11(6-8-12)9-17(26)27/h1-8,14,23H,9-10H2,(H,26,27)/t14-/m0/s1. The van der Waals surface area contributed by atoms with Gasteiger partial charge in [0.2, 0.25) is 5.91 Å². The number of aliphatic carboxylic acids is 1. The van der Waals surface area contributed by atoms with E-state index < -0.39 is 41.3 Å². The molecule has 2 aromatic carbocycles. The Morgan fingerprint density at radius 2 is 1.75 bits per heavy atom. The SMILES string of the molecule is O=C(O)Cc1ccc(N[C@H]2CC(=O)N(c3ccccc3C(F)(F)F)C2=O)cc1. The molecule has 1 heterocycles. The highest BCUT2D eigenvalue weighted by Gasteiger charge is 2.44. The first-order chi connectivity index (χ1) is 13.2. The number of anilines is 2. The molecular weight excluding hydrogens is 377 g/mol. The monoisotopic (exact) mass is 392 g/mol. The molecule has 9 heteroatoms. The summed E-state index contributed by atoms with van der Waals surface area (Å²) < 4.78 is 39.7. The van der Waals surface area contributed by atoms with Crippen LogP contribution in [0.25, 0.3) is 0 Å². The molecule has 146 valence electrons. The number of nitrogens with one attached hydrogen (secondary N) is 1. The largest absolute Gasteiger partial charge is 0.481 e. The van der Waals surface area contributed by atoms with E-state index in [2.05, 4.69) is 5.32 Å². The number of carbonyl (C=O) groups excluding carboxylic acids is 2. The number of carbonyl (C=O) groups is 3. The number of halogens is 3. The smallest absolute Gasteiger partial charge is 0.418 e. The van der Waals surface area contributed by atoms with Gasteiger partial charge in [0.05, 0.1) is 24.1 Å². The fourth-order valence-corrected chi connectivity index (χ4v) is 3.00. The Morgan fingerprint density at radius 1 is 1.11 bits per heavy atom. The Bertz CT molecular complexity index is 926. The predicted molar refractivity (Wildman–Crippen MR) is 93.7 cm³/mol. The van der Waals surface area contributed by atoms with Crippen molar-refractivity contribution < 1.29 is 32.7 Å². The van der Waals surface area contributed by atoms with Gasteiger partial charge in [-0.25, -0.2) is 4.90 Å². The van der Waals surface area contributed by atoms with Crippen LogP contribution in [0.4, 0.5) is 24.5 Å². The van der Waals surface area contributed by atoms with Crippen LogP contribution in [0.1, 0.15) is 17.5 Å². The second kappa shape index (κ2) is 7.34. The van der Waals surface area contributed by atoms with E-state index in [9.17, 15) is 27.6 Å². The topological polar surface area (TPSA) is 86.7 Å². The Balaban J connectivity index is 1.80. The first kappa shape index (κ1) is 19.4. The van der Waals surface area contributed by atoms with E-state index in [0.29, 0.717) is 16.2 Å². The number of para-hydroxylation sites is 1. The molecule has 2 aromatic rings. The van der Waals surface area contributed by atoms with E-state index in [-0.39, 0.29) is 12.8 Å². The number of hydrogen-bond donors (Lipinski definition) is 2. The van der Waals surface area contributed by atoms with Crippen LogP contribution in [-0.2, 0) is 27.0 Å². The van der Waals surface area contributed by atoms with Crippen molar-refractivity contribution in [2.24, 2.45) is 0 Å². The molecule has 6 nitrogen and oxygen atoms in total. The highest BCUT2D eigenvalue weighted by Crippen LogP contribution is 2.38. The van der Waals surface area contributed by atoms with Crippen LogP contribution in [0.2, 0.25) is 0 Å². The summed E-state index contributed by atoms with van der Waals surface area (Å²) in [5.74, 6) is -2.51. The highest BCUT2D eigenvalue weighted by molar-refractivity contribution is 6.23. The van der Waals surface area contributed by atoms with Gasteiger partial charge in [-0.1, -0.05) is 24.3 Å². The molecule has 2 amide bonds. The molecule has 1 aliphatic rings. The number of nitrogens with zero attached hydrogens (tertiary/aromatic N) is 1. The fourth-order valence-electron chi connectivity index (χ4n) is 3.00. The third-order valence-electron chi connectivity index (χ3n) is 4.25. The Morgan fingerprint density at radius 3 is 2.36 bits per heavy atom. The number of hydrogen-bond acceptors (Lipinski definition) is 4. The van der Waals surface area contributed by atoms with Crippen molar-refractivity contribution in [1.29, 1.82) is 0 Å². The van der Waals surface area contributed by atoms with Crippen LogP contribution in [0.3, 0.4) is 0 Å². The molecule has 0 spiro atoms. The summed E-state index contributed by atoms with van der Waals surface area (Å²) in [6, 6.07) is 9.59. The Kier molecular flexibility index (Phi) is 5.08. The molecule has 2 N–H and O–H groups in total. The van der Waals surface area contributed by atoms with Crippen LogP contribution in [0, 0.1) is 0 Å². The third kappa shape index (κ3) is 3.98. The summed E-state index contributed by atoms with van der Waals surface area (Å²) in [4.78, 5) is 36.1. The minimum Gasteiger partial charge on any atom is -0.481 e. The quantitative estimate of drug-likeness (QED) is 0.764. The van der Waals surface area contributed by atoms with Crippen LogP contribution in [0.5, 0.6) is 0 Å². The fraction of sp³-hybridized carbons (Fsp3) is 0.211.